The quantitative estimate of drug-likeness (QED) is 0.706. The summed E-state index contributed by atoms with van der Waals surface area (Å²) in [7, 11) is 0. The molecule has 0 heterocycles. The molecule has 0 aliphatic heterocycles. The van der Waals surface area contributed by atoms with E-state index >= 15 is 0 Å². The van der Waals surface area contributed by atoms with Gasteiger partial charge in [-0.25, -0.2) is 4.39 Å². The number of Topliss-reactive ketones (excluding diaryl/α,β-unsaturated/α-hetero) is 1. The molecular formula is C11H12ClFO. The van der Waals surface area contributed by atoms with E-state index in [2.05, 4.69) is 0 Å². The second-order valence-electron chi connectivity index (χ2n) is 3.14. The van der Waals surface area contributed by atoms with Crippen LogP contribution in [0.15, 0.2) is 18.2 Å². The van der Waals surface area contributed by atoms with E-state index in [4.69, 9.17) is 11.6 Å². The number of rotatable bonds is 3. The highest BCUT2D eigenvalue weighted by Crippen LogP contribution is 2.27. The number of ketones is 1. The molecule has 14 heavy (non-hydrogen) atoms. The molecule has 76 valence electrons. The molecule has 0 radical (unpaired) electrons. The van der Waals surface area contributed by atoms with Crippen molar-refractivity contribution >= 4 is 17.4 Å². The molecule has 0 aromatic heterocycles. The van der Waals surface area contributed by atoms with Crippen LogP contribution < -0.4 is 0 Å². The summed E-state index contributed by atoms with van der Waals surface area (Å²) >= 11 is 5.84. The normalized spacial score (nSPS) is 12.6. The molecule has 0 bridgehead atoms. The van der Waals surface area contributed by atoms with Gasteiger partial charge >= 0.3 is 0 Å². The van der Waals surface area contributed by atoms with Gasteiger partial charge in [0.05, 0.1) is 0 Å². The summed E-state index contributed by atoms with van der Waals surface area (Å²) in [6.45, 7) is 3.27. The van der Waals surface area contributed by atoms with E-state index in [1.807, 2.05) is 6.92 Å². The predicted molar refractivity (Wildman–Crippen MR) is 55.1 cm³/mol. The van der Waals surface area contributed by atoms with Crippen LogP contribution in [0.25, 0.3) is 0 Å². The molecule has 1 unspecified atom stereocenters. The molecule has 0 fully saturated rings. The Morgan fingerprint density at radius 3 is 2.71 bits per heavy atom. The highest BCUT2D eigenvalue weighted by Gasteiger charge is 2.20. The Labute approximate surface area is 87.9 Å². The second kappa shape index (κ2) is 4.56. The summed E-state index contributed by atoms with van der Waals surface area (Å²) in [5.41, 5.74) is 1.12. The number of carbonyl (C=O) groups excluding carboxylic acids is 1. The molecule has 0 saturated heterocycles. The van der Waals surface area contributed by atoms with Gasteiger partial charge in [-0.2, -0.15) is 0 Å². The second-order valence-corrected chi connectivity index (χ2v) is 3.58. The third-order valence-corrected chi connectivity index (χ3v) is 2.66. The van der Waals surface area contributed by atoms with Gasteiger partial charge in [-0.05, 0) is 25.0 Å². The molecule has 1 atom stereocenters. The van der Waals surface area contributed by atoms with Crippen molar-refractivity contribution in [3.05, 3.63) is 35.1 Å². The molecule has 0 aliphatic carbocycles. The zero-order valence-corrected chi connectivity index (χ0v) is 8.94. The topological polar surface area (TPSA) is 17.1 Å². The molecular weight excluding hydrogens is 203 g/mol. The Morgan fingerprint density at radius 1 is 1.57 bits per heavy atom. The van der Waals surface area contributed by atoms with Crippen LogP contribution in [-0.4, -0.2) is 5.78 Å². The first-order valence-corrected chi connectivity index (χ1v) is 4.93. The van der Waals surface area contributed by atoms with Gasteiger partial charge in [-0.15, -0.1) is 11.6 Å². The van der Waals surface area contributed by atoms with E-state index in [-0.39, 0.29) is 5.78 Å². The van der Waals surface area contributed by atoms with E-state index in [1.165, 1.54) is 13.0 Å². The Hall–Kier alpha value is -0.890. The van der Waals surface area contributed by atoms with E-state index in [0.29, 0.717) is 12.0 Å². The minimum atomic E-state index is -0.869. The number of aryl methyl sites for hydroxylation is 1. The first kappa shape index (κ1) is 11.2. The van der Waals surface area contributed by atoms with E-state index in [9.17, 15) is 9.18 Å². The smallest absolute Gasteiger partial charge is 0.152 e. The Bertz CT molecular complexity index is 349. The molecule has 0 aliphatic rings. The van der Waals surface area contributed by atoms with Crippen LogP contribution in [-0.2, 0) is 11.2 Å². The average Bonchev–Trinajstić information content (AvgIpc) is 2.16. The van der Waals surface area contributed by atoms with Gasteiger partial charge in [0.15, 0.2) is 5.78 Å². The Morgan fingerprint density at radius 2 is 2.21 bits per heavy atom. The van der Waals surface area contributed by atoms with Crippen molar-refractivity contribution in [3.63, 3.8) is 0 Å². The maximum atomic E-state index is 13.4. The fourth-order valence-corrected chi connectivity index (χ4v) is 1.62. The lowest BCUT2D eigenvalue weighted by Gasteiger charge is -2.12. The summed E-state index contributed by atoms with van der Waals surface area (Å²) in [4.78, 5) is 11.1. The molecule has 0 saturated carbocycles. The fourth-order valence-electron chi connectivity index (χ4n) is 1.38. The van der Waals surface area contributed by atoms with Crippen LogP contribution in [0.1, 0.15) is 30.4 Å². The van der Waals surface area contributed by atoms with Crippen molar-refractivity contribution in [2.24, 2.45) is 0 Å². The SMILES string of the molecule is CCc1cccc(F)c1C(Cl)C(C)=O. The summed E-state index contributed by atoms with van der Waals surface area (Å²) in [6.07, 6.45) is 0.670. The first-order valence-electron chi connectivity index (χ1n) is 4.49. The van der Waals surface area contributed by atoms with Crippen LogP contribution in [0.5, 0.6) is 0 Å². The summed E-state index contributed by atoms with van der Waals surface area (Å²) in [5.74, 6) is -0.633. The van der Waals surface area contributed by atoms with Crippen molar-refractivity contribution in [2.45, 2.75) is 25.6 Å². The number of carbonyl (C=O) groups is 1. The van der Waals surface area contributed by atoms with Gasteiger partial charge in [0.25, 0.3) is 0 Å². The number of halogens is 2. The fraction of sp³-hybridized carbons (Fsp3) is 0.364. The maximum absolute atomic E-state index is 13.4. The summed E-state index contributed by atoms with van der Waals surface area (Å²) < 4.78 is 13.4. The third-order valence-electron chi connectivity index (χ3n) is 2.13. The van der Waals surface area contributed by atoms with Crippen LogP contribution >= 0.6 is 11.6 Å². The van der Waals surface area contributed by atoms with Gasteiger partial charge in [0.1, 0.15) is 11.2 Å². The molecule has 0 spiro atoms. The summed E-state index contributed by atoms with van der Waals surface area (Å²) in [6, 6.07) is 4.74. The zero-order chi connectivity index (χ0) is 10.7. The maximum Gasteiger partial charge on any atom is 0.152 e. The molecule has 0 N–H and O–H groups in total. The first-order chi connectivity index (χ1) is 6.57. The molecule has 3 heteroatoms. The molecule has 0 amide bonds. The van der Waals surface area contributed by atoms with Gasteiger partial charge in [0.2, 0.25) is 0 Å². The van der Waals surface area contributed by atoms with Crippen LogP contribution in [0.2, 0.25) is 0 Å². The molecule has 1 aromatic carbocycles. The van der Waals surface area contributed by atoms with Crippen LogP contribution in [0.4, 0.5) is 4.39 Å². The highest BCUT2D eigenvalue weighted by molar-refractivity contribution is 6.30. The van der Waals surface area contributed by atoms with Crippen molar-refractivity contribution in [1.82, 2.24) is 0 Å². The molecule has 1 rings (SSSR count). The largest absolute Gasteiger partial charge is 0.298 e. The average molecular weight is 215 g/mol. The van der Waals surface area contributed by atoms with Crippen molar-refractivity contribution in [1.29, 1.82) is 0 Å². The zero-order valence-electron chi connectivity index (χ0n) is 8.18. The van der Waals surface area contributed by atoms with Crippen molar-refractivity contribution < 1.29 is 9.18 Å². The minimum Gasteiger partial charge on any atom is -0.298 e. The van der Waals surface area contributed by atoms with Gasteiger partial charge in [-0.1, -0.05) is 19.1 Å². The molecule has 1 aromatic rings. The Balaban J connectivity index is 3.23. The van der Waals surface area contributed by atoms with Gasteiger partial charge in [-0.3, -0.25) is 4.79 Å². The third kappa shape index (κ3) is 2.13. The van der Waals surface area contributed by atoms with Crippen molar-refractivity contribution in [2.75, 3.05) is 0 Å². The summed E-state index contributed by atoms with van der Waals surface area (Å²) in [5, 5.41) is -0.869. The number of benzene rings is 1. The van der Waals surface area contributed by atoms with E-state index in [0.717, 1.165) is 5.56 Å². The molecule has 1 nitrogen and oxygen atoms in total. The monoisotopic (exact) mass is 214 g/mol. The standard InChI is InChI=1S/C11H12ClFO/c1-3-8-5-4-6-9(13)10(8)11(12)7(2)14/h4-6,11H,3H2,1-2H3. The minimum absolute atomic E-state index is 0.230. The number of hydrogen-bond donors (Lipinski definition) is 0. The van der Waals surface area contributed by atoms with Crippen LogP contribution in [0.3, 0.4) is 0 Å². The van der Waals surface area contributed by atoms with Crippen LogP contribution in [0, 0.1) is 5.82 Å². The lowest BCUT2D eigenvalue weighted by molar-refractivity contribution is -0.116. The van der Waals surface area contributed by atoms with Gasteiger partial charge in [0, 0.05) is 5.56 Å². The highest BCUT2D eigenvalue weighted by atomic mass is 35.5. The number of hydrogen-bond acceptors (Lipinski definition) is 1. The Kier molecular flexibility index (Phi) is 3.64. The van der Waals surface area contributed by atoms with Crippen molar-refractivity contribution in [3.8, 4) is 0 Å². The van der Waals surface area contributed by atoms with E-state index < -0.39 is 11.2 Å². The van der Waals surface area contributed by atoms with E-state index in [1.54, 1.807) is 12.1 Å². The lowest BCUT2D eigenvalue weighted by Crippen LogP contribution is -2.07. The number of alkyl halides is 1. The van der Waals surface area contributed by atoms with Gasteiger partial charge < -0.3 is 0 Å². The predicted octanol–water partition coefficient (Wildman–Crippen LogP) is 3.26. The lowest BCUT2D eigenvalue weighted by atomic mass is 10.00.